The first-order valence-corrected chi connectivity index (χ1v) is 11.2. The first kappa shape index (κ1) is 24.7. The van der Waals surface area contributed by atoms with Gasteiger partial charge in [0.2, 0.25) is 17.7 Å². The van der Waals surface area contributed by atoms with Crippen LogP contribution in [-0.4, -0.2) is 28.5 Å². The molecule has 2 amide bonds. The summed E-state index contributed by atoms with van der Waals surface area (Å²) < 4.78 is 43.2. The molecule has 1 aromatic heterocycles. The van der Waals surface area contributed by atoms with Gasteiger partial charge in [0.15, 0.2) is 5.82 Å². The smallest absolute Gasteiger partial charge is 0.356 e. The number of alkyl halides is 3. The van der Waals surface area contributed by atoms with Gasteiger partial charge in [-0.1, -0.05) is 43.0 Å². The number of carbonyl (C=O) groups excluding carboxylic acids is 2. The number of benzene rings is 1. The predicted molar refractivity (Wildman–Crippen MR) is 114 cm³/mol. The molecule has 2 N–H and O–H groups in total. The van der Waals surface area contributed by atoms with E-state index in [0.717, 1.165) is 50.7 Å². The van der Waals surface area contributed by atoms with Crippen LogP contribution < -0.4 is 10.6 Å². The molecule has 2 aromatic rings. The average molecular weight is 467 g/mol. The topological polar surface area (TPSA) is 97.1 Å². The Morgan fingerprint density at radius 3 is 2.33 bits per heavy atom. The molecule has 1 fully saturated rings. The van der Waals surface area contributed by atoms with Gasteiger partial charge in [0.1, 0.15) is 5.54 Å². The van der Waals surface area contributed by atoms with Crippen molar-refractivity contribution in [2.75, 3.05) is 6.54 Å². The standard InChI is InChI=1S/C23H29F3N4O3/c1-16(31)29-22(13-4-2-3-5-14-22)21-28-20(33-30-21)11-10-19(32)27-15-12-17-6-8-18(9-7-17)23(24,25)26/h6-9H,2-5,10-15H2,1H3,(H,27,32)(H,29,31). The lowest BCUT2D eigenvalue weighted by Crippen LogP contribution is -2.45. The normalized spacial score (nSPS) is 16.1. The Kier molecular flexibility index (Phi) is 8.10. The fourth-order valence-corrected chi connectivity index (χ4v) is 4.14. The summed E-state index contributed by atoms with van der Waals surface area (Å²) in [5.41, 5.74) is -0.622. The Labute approximate surface area is 190 Å². The van der Waals surface area contributed by atoms with Crippen molar-refractivity contribution >= 4 is 11.8 Å². The molecular weight excluding hydrogens is 437 g/mol. The maximum absolute atomic E-state index is 12.6. The summed E-state index contributed by atoms with van der Waals surface area (Å²) in [7, 11) is 0. The lowest BCUT2D eigenvalue weighted by Gasteiger charge is -2.30. The number of nitrogens with zero attached hydrogens (tertiary/aromatic N) is 2. The highest BCUT2D eigenvalue weighted by Gasteiger charge is 2.38. The van der Waals surface area contributed by atoms with E-state index in [1.54, 1.807) is 0 Å². The SMILES string of the molecule is CC(=O)NC1(c2noc(CCC(=O)NCCc3ccc(C(F)(F)F)cc3)n2)CCCCCC1. The molecule has 33 heavy (non-hydrogen) atoms. The van der Waals surface area contributed by atoms with Gasteiger partial charge < -0.3 is 15.2 Å². The summed E-state index contributed by atoms with van der Waals surface area (Å²) >= 11 is 0. The molecule has 1 heterocycles. The Morgan fingerprint density at radius 1 is 1.06 bits per heavy atom. The second-order valence-corrected chi connectivity index (χ2v) is 8.48. The van der Waals surface area contributed by atoms with E-state index in [0.29, 0.717) is 30.2 Å². The molecule has 0 radical (unpaired) electrons. The van der Waals surface area contributed by atoms with Crippen molar-refractivity contribution in [2.45, 2.75) is 76.4 Å². The van der Waals surface area contributed by atoms with Crippen LogP contribution in [0.2, 0.25) is 0 Å². The van der Waals surface area contributed by atoms with Crippen LogP contribution in [0.5, 0.6) is 0 Å². The molecule has 0 aliphatic heterocycles. The summed E-state index contributed by atoms with van der Waals surface area (Å²) in [5, 5.41) is 9.87. The minimum atomic E-state index is -4.36. The van der Waals surface area contributed by atoms with Crippen LogP contribution in [-0.2, 0) is 34.1 Å². The predicted octanol–water partition coefficient (Wildman–Crippen LogP) is 4.07. The number of hydrogen-bond donors (Lipinski definition) is 2. The number of carbonyl (C=O) groups is 2. The Bertz CT molecular complexity index is 933. The van der Waals surface area contributed by atoms with Gasteiger partial charge in [-0.15, -0.1) is 0 Å². The zero-order valence-corrected chi connectivity index (χ0v) is 18.6. The molecule has 10 heteroatoms. The van der Waals surface area contributed by atoms with Gasteiger partial charge in [-0.05, 0) is 37.0 Å². The van der Waals surface area contributed by atoms with Gasteiger partial charge in [0.25, 0.3) is 0 Å². The highest BCUT2D eigenvalue weighted by Crippen LogP contribution is 2.34. The van der Waals surface area contributed by atoms with Crippen LogP contribution >= 0.6 is 0 Å². The fourth-order valence-electron chi connectivity index (χ4n) is 4.14. The summed E-state index contributed by atoms with van der Waals surface area (Å²) in [4.78, 5) is 28.4. The number of amides is 2. The van der Waals surface area contributed by atoms with Gasteiger partial charge >= 0.3 is 6.18 Å². The molecule has 1 aromatic carbocycles. The van der Waals surface area contributed by atoms with Crippen LogP contribution in [0.4, 0.5) is 13.2 Å². The lowest BCUT2D eigenvalue weighted by atomic mass is 9.89. The summed E-state index contributed by atoms with van der Waals surface area (Å²) in [6.07, 6.45) is 2.07. The van der Waals surface area contributed by atoms with Gasteiger partial charge in [-0.25, -0.2) is 0 Å². The Balaban J connectivity index is 1.48. The maximum atomic E-state index is 12.6. The van der Waals surface area contributed by atoms with Gasteiger partial charge in [0.05, 0.1) is 5.56 Å². The van der Waals surface area contributed by atoms with Gasteiger partial charge in [-0.2, -0.15) is 18.2 Å². The number of rotatable bonds is 8. The zero-order valence-electron chi connectivity index (χ0n) is 18.6. The highest BCUT2D eigenvalue weighted by molar-refractivity contribution is 5.76. The first-order chi connectivity index (χ1) is 15.7. The van der Waals surface area contributed by atoms with Crippen molar-refractivity contribution in [1.29, 1.82) is 0 Å². The maximum Gasteiger partial charge on any atom is 0.416 e. The molecule has 0 spiro atoms. The number of aryl methyl sites for hydroxylation is 1. The quantitative estimate of drug-likeness (QED) is 0.572. The zero-order chi connectivity index (χ0) is 23.9. The van der Waals surface area contributed by atoms with E-state index >= 15 is 0 Å². The van der Waals surface area contributed by atoms with Crippen LogP contribution in [0.15, 0.2) is 28.8 Å². The van der Waals surface area contributed by atoms with E-state index in [9.17, 15) is 22.8 Å². The van der Waals surface area contributed by atoms with Gasteiger partial charge in [-0.3, -0.25) is 9.59 Å². The second-order valence-electron chi connectivity index (χ2n) is 8.48. The summed E-state index contributed by atoms with van der Waals surface area (Å²) in [5.74, 6) is 0.428. The average Bonchev–Trinajstić information content (AvgIpc) is 3.12. The molecule has 0 bridgehead atoms. The number of hydrogen-bond acceptors (Lipinski definition) is 5. The fraction of sp³-hybridized carbons (Fsp3) is 0.565. The molecule has 3 rings (SSSR count). The van der Waals surface area contributed by atoms with Crippen molar-refractivity contribution < 1.29 is 27.3 Å². The number of nitrogens with one attached hydrogen (secondary N) is 2. The number of halogens is 3. The monoisotopic (exact) mass is 466 g/mol. The van der Waals surface area contributed by atoms with Crippen molar-refractivity contribution in [3.8, 4) is 0 Å². The van der Waals surface area contributed by atoms with E-state index in [4.69, 9.17) is 4.52 Å². The molecule has 0 atom stereocenters. The molecule has 1 saturated carbocycles. The molecule has 0 unspecified atom stereocenters. The molecular formula is C23H29F3N4O3. The van der Waals surface area contributed by atoms with Crippen molar-refractivity contribution in [1.82, 2.24) is 20.8 Å². The molecule has 1 aliphatic rings. The van der Waals surface area contributed by atoms with Crippen LogP contribution in [0, 0.1) is 0 Å². The summed E-state index contributed by atoms with van der Waals surface area (Å²) in [6.45, 7) is 1.79. The van der Waals surface area contributed by atoms with E-state index in [2.05, 4.69) is 20.8 Å². The highest BCUT2D eigenvalue weighted by atomic mass is 19.4. The summed E-state index contributed by atoms with van der Waals surface area (Å²) in [6, 6.07) is 4.89. The molecule has 7 nitrogen and oxygen atoms in total. The third kappa shape index (κ3) is 7.03. The third-order valence-corrected chi connectivity index (χ3v) is 5.85. The largest absolute Gasteiger partial charge is 0.416 e. The third-order valence-electron chi connectivity index (χ3n) is 5.85. The minimum Gasteiger partial charge on any atom is -0.356 e. The molecule has 180 valence electrons. The Hall–Kier alpha value is -2.91. The number of aromatic nitrogens is 2. The van der Waals surface area contributed by atoms with Crippen LogP contribution in [0.3, 0.4) is 0 Å². The van der Waals surface area contributed by atoms with E-state index in [1.807, 2.05) is 0 Å². The first-order valence-electron chi connectivity index (χ1n) is 11.2. The second kappa shape index (κ2) is 10.8. The van der Waals surface area contributed by atoms with Crippen molar-refractivity contribution in [3.05, 3.63) is 47.1 Å². The van der Waals surface area contributed by atoms with Crippen molar-refractivity contribution in [2.24, 2.45) is 0 Å². The van der Waals surface area contributed by atoms with E-state index < -0.39 is 17.3 Å². The van der Waals surface area contributed by atoms with Gasteiger partial charge in [0, 0.05) is 26.3 Å². The van der Waals surface area contributed by atoms with E-state index in [1.165, 1.54) is 19.1 Å². The molecule has 0 saturated heterocycles. The minimum absolute atomic E-state index is 0.141. The Morgan fingerprint density at radius 2 is 1.73 bits per heavy atom. The van der Waals surface area contributed by atoms with Crippen LogP contribution in [0.25, 0.3) is 0 Å². The van der Waals surface area contributed by atoms with Crippen LogP contribution in [0.1, 0.15) is 74.7 Å². The van der Waals surface area contributed by atoms with E-state index in [-0.39, 0.29) is 24.7 Å². The van der Waals surface area contributed by atoms with Crippen molar-refractivity contribution in [3.63, 3.8) is 0 Å². The lowest BCUT2D eigenvalue weighted by molar-refractivity contribution is -0.137. The molecule has 1 aliphatic carbocycles.